The molecule has 3 aromatic heterocycles. The van der Waals surface area contributed by atoms with Gasteiger partial charge in [0.25, 0.3) is 0 Å². The zero-order chi connectivity index (χ0) is 52.9. The molecule has 0 atom stereocenters. The molecule has 2 aliphatic carbocycles. The van der Waals surface area contributed by atoms with Gasteiger partial charge in [0.05, 0.1) is 16.4 Å². The summed E-state index contributed by atoms with van der Waals surface area (Å²) in [7, 11) is 0. The molecule has 0 fully saturated rings. The number of fused-ring (bicyclic) bond motifs is 14. The first kappa shape index (κ1) is 45.6. The molecule has 80 heavy (non-hydrogen) atoms. The van der Waals surface area contributed by atoms with Crippen molar-refractivity contribution in [1.82, 2.24) is 24.5 Å². The van der Waals surface area contributed by atoms with Crippen molar-refractivity contribution in [3.8, 4) is 84.4 Å². The molecule has 0 bridgehead atoms. The van der Waals surface area contributed by atoms with Gasteiger partial charge in [0, 0.05) is 38.7 Å². The van der Waals surface area contributed by atoms with Gasteiger partial charge in [-0.15, -0.1) is 0 Å². The Morgan fingerprint density at radius 1 is 0.400 bits per heavy atom. The second kappa shape index (κ2) is 18.0. The van der Waals surface area contributed by atoms with E-state index in [4.69, 9.17) is 24.4 Å². The number of oxazole rings is 1. The van der Waals surface area contributed by atoms with Gasteiger partial charge >= 0.3 is 0 Å². The molecule has 0 saturated heterocycles. The highest BCUT2D eigenvalue weighted by Crippen LogP contribution is 2.64. The molecule has 0 N–H and O–H groups in total. The van der Waals surface area contributed by atoms with Crippen LogP contribution in [0.15, 0.2) is 259 Å². The van der Waals surface area contributed by atoms with E-state index in [1.165, 1.54) is 44.5 Å². The molecule has 6 heteroatoms. The van der Waals surface area contributed by atoms with Crippen molar-refractivity contribution in [2.24, 2.45) is 0 Å². The van der Waals surface area contributed by atoms with Crippen LogP contribution in [0.5, 0.6) is 0 Å². The Morgan fingerprint density at radius 3 is 1.77 bits per heavy atom. The maximum absolute atomic E-state index is 6.38. The summed E-state index contributed by atoms with van der Waals surface area (Å²) >= 11 is 0. The number of benzene rings is 11. The molecule has 6 nitrogen and oxygen atoms in total. The molecule has 16 rings (SSSR count). The molecule has 3 heterocycles. The molecule has 0 radical (unpaired) electrons. The summed E-state index contributed by atoms with van der Waals surface area (Å²) in [6.45, 7) is 2.19. The molecule has 11 aromatic carbocycles. The summed E-state index contributed by atoms with van der Waals surface area (Å²) in [5.74, 6) is 2.38. The van der Waals surface area contributed by atoms with Crippen molar-refractivity contribution in [1.29, 1.82) is 0 Å². The van der Waals surface area contributed by atoms with Gasteiger partial charge < -0.3 is 8.98 Å². The van der Waals surface area contributed by atoms with E-state index in [1.807, 2.05) is 48.5 Å². The van der Waals surface area contributed by atoms with Gasteiger partial charge in [-0.1, -0.05) is 212 Å². The standard InChI is InChI=1S/C74H47N5O/c1-46-20-8-9-27-52(46)53-39-40-58-56-30-13-17-37-66(56)79(51-26-18-25-49(44-51)50-38-42-65-67(45-50)80-73(75-65)48-23-6-3-7-24-48)70(58)57(53)41-43-68-76-71(47-21-4-2-5-22-47)78-72(77-68)60-32-19-36-64-69(60)59-31-12-16-35-63(59)74(64)61-33-14-10-28-54(61)55-29-11-15-34-62(55)74/h2-45H,1H3/b43-41-. The van der Waals surface area contributed by atoms with E-state index >= 15 is 0 Å². The first-order valence-corrected chi connectivity index (χ1v) is 27.2. The van der Waals surface area contributed by atoms with Crippen molar-refractivity contribution < 1.29 is 4.42 Å². The predicted molar refractivity (Wildman–Crippen MR) is 325 cm³/mol. The summed E-state index contributed by atoms with van der Waals surface area (Å²) in [6, 6.07) is 90.8. The molecular formula is C74H47N5O. The smallest absolute Gasteiger partial charge is 0.227 e. The van der Waals surface area contributed by atoms with Gasteiger partial charge in [0.15, 0.2) is 23.1 Å². The molecular weight excluding hydrogens is 975 g/mol. The third-order valence-corrected chi connectivity index (χ3v) is 16.5. The Kier molecular flexibility index (Phi) is 10.3. The molecule has 0 saturated carbocycles. The van der Waals surface area contributed by atoms with Crippen LogP contribution in [-0.4, -0.2) is 24.5 Å². The molecule has 0 unspecified atom stereocenters. The summed E-state index contributed by atoms with van der Waals surface area (Å²) in [4.78, 5) is 21.0. The van der Waals surface area contributed by atoms with Gasteiger partial charge in [0.1, 0.15) is 5.52 Å². The molecule has 14 aromatic rings. The lowest BCUT2D eigenvalue weighted by Gasteiger charge is -2.30. The Balaban J connectivity index is 0.896. The van der Waals surface area contributed by atoms with Crippen molar-refractivity contribution >= 4 is 45.1 Å². The van der Waals surface area contributed by atoms with Gasteiger partial charge in [-0.25, -0.2) is 19.9 Å². The molecule has 374 valence electrons. The van der Waals surface area contributed by atoms with E-state index in [1.54, 1.807) is 0 Å². The van der Waals surface area contributed by atoms with E-state index < -0.39 is 5.41 Å². The lowest BCUT2D eigenvalue weighted by Crippen LogP contribution is -2.25. The summed E-state index contributed by atoms with van der Waals surface area (Å²) < 4.78 is 8.80. The minimum Gasteiger partial charge on any atom is -0.436 e. The Hall–Kier alpha value is -10.6. The number of nitrogens with zero attached hydrogens (tertiary/aromatic N) is 5. The molecule has 2 aliphatic rings. The van der Waals surface area contributed by atoms with Crippen molar-refractivity contribution in [3.05, 3.63) is 294 Å². The van der Waals surface area contributed by atoms with E-state index in [0.29, 0.717) is 23.4 Å². The third-order valence-electron chi connectivity index (χ3n) is 16.5. The highest BCUT2D eigenvalue weighted by atomic mass is 16.3. The topological polar surface area (TPSA) is 69.6 Å². The minimum atomic E-state index is -0.507. The average molecular weight is 1020 g/mol. The SMILES string of the molecule is Cc1ccccc1-c1ccc2c3ccccc3n(-c3cccc(-c4ccc5nc(-c6ccccc6)oc5c4)c3)c2c1/C=C\c1nc(-c2ccccc2)nc(-c2cccc3c2-c2ccccc2C32c3ccccc3-c3ccccc32)n1. The zero-order valence-electron chi connectivity index (χ0n) is 43.5. The monoisotopic (exact) mass is 1020 g/mol. The molecule has 1 spiro atoms. The van der Waals surface area contributed by atoms with Crippen LogP contribution in [0, 0.1) is 6.92 Å². The first-order chi connectivity index (χ1) is 39.6. The molecule has 0 amide bonds. The van der Waals surface area contributed by atoms with Crippen LogP contribution < -0.4 is 0 Å². The summed E-state index contributed by atoms with van der Waals surface area (Å²) in [5, 5.41) is 2.30. The highest BCUT2D eigenvalue weighted by molar-refractivity contribution is 6.14. The number of para-hydroxylation sites is 1. The second-order valence-electron chi connectivity index (χ2n) is 20.9. The maximum Gasteiger partial charge on any atom is 0.227 e. The average Bonchev–Trinajstić information content (AvgIpc) is 4.47. The van der Waals surface area contributed by atoms with Crippen LogP contribution in [-0.2, 0) is 5.41 Å². The van der Waals surface area contributed by atoms with Crippen molar-refractivity contribution in [2.75, 3.05) is 0 Å². The largest absolute Gasteiger partial charge is 0.436 e. The lowest BCUT2D eigenvalue weighted by atomic mass is 9.70. The fraction of sp³-hybridized carbons (Fsp3) is 0.0270. The molecule has 0 aliphatic heterocycles. The number of hydrogen-bond acceptors (Lipinski definition) is 5. The summed E-state index contributed by atoms with van der Waals surface area (Å²) in [6.07, 6.45) is 4.32. The number of aryl methyl sites for hydroxylation is 1. The fourth-order valence-corrected chi connectivity index (χ4v) is 13.1. The van der Waals surface area contributed by atoms with Crippen LogP contribution in [0.25, 0.3) is 129 Å². The van der Waals surface area contributed by atoms with Crippen molar-refractivity contribution in [2.45, 2.75) is 12.3 Å². The van der Waals surface area contributed by atoms with Crippen LogP contribution >= 0.6 is 0 Å². The van der Waals surface area contributed by atoms with Crippen LogP contribution in [0.4, 0.5) is 0 Å². The highest BCUT2D eigenvalue weighted by Gasteiger charge is 2.52. The lowest BCUT2D eigenvalue weighted by molar-refractivity contribution is 0.620. The van der Waals surface area contributed by atoms with Gasteiger partial charge in [0.2, 0.25) is 5.89 Å². The van der Waals surface area contributed by atoms with Gasteiger partial charge in [-0.2, -0.15) is 0 Å². The predicted octanol–water partition coefficient (Wildman–Crippen LogP) is 18.3. The Labute approximate surface area is 462 Å². The summed E-state index contributed by atoms with van der Waals surface area (Å²) in [5.41, 5.74) is 23.6. The van der Waals surface area contributed by atoms with Crippen molar-refractivity contribution in [3.63, 3.8) is 0 Å². The van der Waals surface area contributed by atoms with E-state index in [9.17, 15) is 0 Å². The van der Waals surface area contributed by atoms with E-state index in [2.05, 4.69) is 230 Å². The first-order valence-electron chi connectivity index (χ1n) is 27.2. The van der Waals surface area contributed by atoms with Crippen LogP contribution in [0.1, 0.15) is 39.2 Å². The number of hydrogen-bond donors (Lipinski definition) is 0. The Morgan fingerprint density at radius 2 is 1.00 bits per heavy atom. The van der Waals surface area contributed by atoms with Gasteiger partial charge in [-0.05, 0) is 134 Å². The second-order valence-corrected chi connectivity index (χ2v) is 20.9. The van der Waals surface area contributed by atoms with E-state index in [0.717, 1.165) is 88.7 Å². The van der Waals surface area contributed by atoms with Crippen LogP contribution in [0.2, 0.25) is 0 Å². The Bertz CT molecular complexity index is 4810. The van der Waals surface area contributed by atoms with E-state index in [-0.39, 0.29) is 0 Å². The van der Waals surface area contributed by atoms with Gasteiger partial charge in [-0.3, -0.25) is 0 Å². The quantitative estimate of drug-likeness (QED) is 0.152. The normalized spacial score (nSPS) is 12.9. The maximum atomic E-state index is 6.38. The number of rotatable bonds is 8. The number of aromatic nitrogens is 5. The fourth-order valence-electron chi connectivity index (χ4n) is 13.1. The third kappa shape index (κ3) is 6.92. The minimum absolute atomic E-state index is 0.507. The zero-order valence-corrected chi connectivity index (χ0v) is 43.5. The van der Waals surface area contributed by atoms with Crippen LogP contribution in [0.3, 0.4) is 0 Å².